The molecule has 3 heterocycles. The van der Waals surface area contributed by atoms with Crippen molar-refractivity contribution in [3.63, 3.8) is 0 Å². The lowest BCUT2D eigenvalue weighted by molar-refractivity contribution is -0.130. The first-order chi connectivity index (χ1) is 25.1. The van der Waals surface area contributed by atoms with Crippen molar-refractivity contribution in [2.24, 2.45) is 0 Å². The summed E-state index contributed by atoms with van der Waals surface area (Å²) in [4.78, 5) is 70.8. The molecule has 4 aliphatic rings. The minimum Gasteiger partial charge on any atom is -0.341 e. The van der Waals surface area contributed by atoms with E-state index in [4.69, 9.17) is 10.4 Å². The number of rotatable bonds is 8. The number of hydrogen-bond donors (Lipinski definition) is 4. The molecule has 0 bridgehead atoms. The summed E-state index contributed by atoms with van der Waals surface area (Å²) in [6.07, 6.45) is 2.55. The van der Waals surface area contributed by atoms with E-state index in [1.54, 1.807) is 69.3 Å². The summed E-state index contributed by atoms with van der Waals surface area (Å²) in [6.45, 7) is 1.95. The summed E-state index contributed by atoms with van der Waals surface area (Å²) in [7, 11) is 0. The quantitative estimate of drug-likeness (QED) is 0.161. The summed E-state index contributed by atoms with van der Waals surface area (Å²) in [5.41, 5.74) is 8.67. The van der Waals surface area contributed by atoms with Crippen LogP contribution in [0.3, 0.4) is 0 Å². The molecule has 52 heavy (non-hydrogen) atoms. The molecule has 1 atom stereocenters. The van der Waals surface area contributed by atoms with Crippen LogP contribution in [0.1, 0.15) is 78.2 Å². The topological polar surface area (TPSA) is 160 Å². The van der Waals surface area contributed by atoms with Gasteiger partial charge in [-0.3, -0.25) is 34.4 Å². The van der Waals surface area contributed by atoms with Crippen molar-refractivity contribution >= 4 is 35.2 Å². The van der Waals surface area contributed by atoms with E-state index in [1.807, 2.05) is 47.4 Å². The van der Waals surface area contributed by atoms with Gasteiger partial charge >= 0.3 is 0 Å². The molecule has 264 valence electrons. The SMILES string of the molecule is O=C(NO)c1ccc(CN2CC3(CC3)c3ccc(CC(=O)N4CCC5(C4)C(=O)N(Cc4ccc(C(=O)NO)cc4)c4ccccc45)cc3C2=O)cc1. The molecule has 0 radical (unpaired) electrons. The van der Waals surface area contributed by atoms with Crippen LogP contribution >= 0.6 is 0 Å². The molecule has 1 saturated heterocycles. The average molecular weight is 700 g/mol. The first-order valence-electron chi connectivity index (χ1n) is 17.3. The third-order valence-electron chi connectivity index (χ3n) is 11.2. The lowest BCUT2D eigenvalue weighted by Gasteiger charge is -2.35. The maximum Gasteiger partial charge on any atom is 0.274 e. The monoisotopic (exact) mass is 699 g/mol. The van der Waals surface area contributed by atoms with Gasteiger partial charge in [-0.15, -0.1) is 0 Å². The number of fused-ring (bicyclic) bond motifs is 4. The average Bonchev–Trinajstić information content (AvgIpc) is 3.73. The fourth-order valence-electron chi connectivity index (χ4n) is 8.25. The zero-order valence-electron chi connectivity index (χ0n) is 28.3. The van der Waals surface area contributed by atoms with Crippen LogP contribution in [-0.4, -0.2) is 69.4 Å². The van der Waals surface area contributed by atoms with Gasteiger partial charge < -0.3 is 14.7 Å². The van der Waals surface area contributed by atoms with E-state index in [-0.39, 0.29) is 36.1 Å². The number of nitrogens with zero attached hydrogens (tertiary/aromatic N) is 3. The Morgan fingerprint density at radius 1 is 0.692 bits per heavy atom. The van der Waals surface area contributed by atoms with Crippen LogP contribution in [0.25, 0.3) is 0 Å². The minimum atomic E-state index is -0.867. The molecular weight excluding hydrogens is 662 g/mol. The molecule has 1 unspecified atom stereocenters. The van der Waals surface area contributed by atoms with Gasteiger partial charge in [-0.25, -0.2) is 11.0 Å². The molecule has 12 nitrogen and oxygen atoms in total. The number of carbonyl (C=O) groups excluding carboxylic acids is 5. The molecule has 4 N–H and O–H groups in total. The third kappa shape index (κ3) is 5.60. The van der Waals surface area contributed by atoms with Gasteiger partial charge in [0.15, 0.2) is 0 Å². The summed E-state index contributed by atoms with van der Waals surface area (Å²) < 4.78 is 0. The van der Waals surface area contributed by atoms with E-state index in [9.17, 15) is 24.0 Å². The second-order valence-electron chi connectivity index (χ2n) is 14.3. The van der Waals surface area contributed by atoms with E-state index in [0.29, 0.717) is 49.3 Å². The van der Waals surface area contributed by atoms with Gasteiger partial charge in [0.2, 0.25) is 11.8 Å². The van der Waals surface area contributed by atoms with Crippen molar-refractivity contribution in [2.75, 3.05) is 24.5 Å². The van der Waals surface area contributed by atoms with E-state index < -0.39 is 17.2 Å². The number of nitrogens with one attached hydrogen (secondary N) is 2. The van der Waals surface area contributed by atoms with Crippen LogP contribution in [-0.2, 0) is 39.9 Å². The predicted molar refractivity (Wildman–Crippen MR) is 188 cm³/mol. The van der Waals surface area contributed by atoms with Crippen molar-refractivity contribution in [3.8, 4) is 0 Å². The lowest BCUT2D eigenvalue weighted by Crippen LogP contribution is -2.43. The maximum atomic E-state index is 14.2. The van der Waals surface area contributed by atoms with Gasteiger partial charge in [-0.1, -0.05) is 54.6 Å². The van der Waals surface area contributed by atoms with Crippen LogP contribution in [0, 0.1) is 0 Å². The summed E-state index contributed by atoms with van der Waals surface area (Å²) in [5, 5.41) is 17.9. The second kappa shape index (κ2) is 12.7. The molecule has 3 aliphatic heterocycles. The Morgan fingerprint density at radius 3 is 1.94 bits per heavy atom. The number of hydrogen-bond acceptors (Lipinski definition) is 7. The number of benzene rings is 4. The first-order valence-corrected chi connectivity index (χ1v) is 17.3. The zero-order chi connectivity index (χ0) is 36.2. The van der Waals surface area contributed by atoms with Crippen LogP contribution in [0.5, 0.6) is 0 Å². The highest BCUT2D eigenvalue weighted by atomic mass is 16.5. The fourth-order valence-corrected chi connectivity index (χ4v) is 8.25. The van der Waals surface area contributed by atoms with E-state index in [0.717, 1.165) is 46.3 Å². The Hall–Kier alpha value is -5.85. The highest BCUT2D eigenvalue weighted by Gasteiger charge is 2.55. The normalized spacial score (nSPS) is 19.5. The van der Waals surface area contributed by atoms with Gasteiger partial charge in [-0.05, 0) is 83.5 Å². The molecule has 5 amide bonds. The molecule has 8 rings (SSSR count). The molecule has 4 aromatic carbocycles. The van der Waals surface area contributed by atoms with Crippen LogP contribution in [0.4, 0.5) is 5.69 Å². The molecule has 1 aliphatic carbocycles. The number of para-hydroxylation sites is 1. The van der Waals surface area contributed by atoms with E-state index in [1.165, 1.54) is 0 Å². The number of likely N-dealkylation sites (tertiary alicyclic amines) is 1. The largest absolute Gasteiger partial charge is 0.341 e. The van der Waals surface area contributed by atoms with Crippen LogP contribution < -0.4 is 15.9 Å². The van der Waals surface area contributed by atoms with Crippen LogP contribution in [0.15, 0.2) is 91.0 Å². The van der Waals surface area contributed by atoms with Gasteiger partial charge in [0, 0.05) is 54.0 Å². The smallest absolute Gasteiger partial charge is 0.274 e. The summed E-state index contributed by atoms with van der Waals surface area (Å²) in [5.74, 6) is -1.49. The van der Waals surface area contributed by atoms with Crippen molar-refractivity contribution in [1.29, 1.82) is 0 Å². The number of hydroxylamine groups is 2. The Balaban J connectivity index is 0.976. The number of carbonyl (C=O) groups is 5. The molecule has 4 aromatic rings. The van der Waals surface area contributed by atoms with Crippen molar-refractivity contribution < 1.29 is 34.4 Å². The van der Waals surface area contributed by atoms with Crippen molar-refractivity contribution in [2.45, 2.75) is 49.6 Å². The fraction of sp³-hybridized carbons (Fsp3) is 0.275. The van der Waals surface area contributed by atoms with Crippen LogP contribution in [0.2, 0.25) is 0 Å². The Labute approximate surface area is 299 Å². The van der Waals surface area contributed by atoms with E-state index in [2.05, 4.69) is 0 Å². The van der Waals surface area contributed by atoms with Crippen molar-refractivity contribution in [1.82, 2.24) is 20.8 Å². The summed E-state index contributed by atoms with van der Waals surface area (Å²) in [6, 6.07) is 27.0. The summed E-state index contributed by atoms with van der Waals surface area (Å²) >= 11 is 0. The molecule has 2 spiro atoms. The van der Waals surface area contributed by atoms with Crippen molar-refractivity contribution in [3.05, 3.63) is 136 Å². The Kier molecular flexibility index (Phi) is 8.15. The second-order valence-corrected chi connectivity index (χ2v) is 14.3. The van der Waals surface area contributed by atoms with Gasteiger partial charge in [0.25, 0.3) is 17.7 Å². The molecule has 12 heteroatoms. The molecular formula is C40H37N5O7. The maximum absolute atomic E-state index is 14.2. The van der Waals surface area contributed by atoms with Gasteiger partial charge in [-0.2, -0.15) is 0 Å². The number of amides is 5. The minimum absolute atomic E-state index is 0.0679. The molecule has 0 aromatic heterocycles. The molecule has 2 fully saturated rings. The lowest BCUT2D eigenvalue weighted by atomic mass is 9.81. The Bertz CT molecular complexity index is 2130. The highest BCUT2D eigenvalue weighted by Crippen LogP contribution is 2.53. The first kappa shape index (κ1) is 33.3. The zero-order valence-corrected chi connectivity index (χ0v) is 28.3. The van der Waals surface area contributed by atoms with E-state index >= 15 is 0 Å². The highest BCUT2D eigenvalue weighted by molar-refractivity contribution is 6.09. The Morgan fingerprint density at radius 2 is 1.31 bits per heavy atom. The van der Waals surface area contributed by atoms with Gasteiger partial charge in [0.05, 0.1) is 18.4 Å². The third-order valence-corrected chi connectivity index (χ3v) is 11.2. The standard InChI is InChI=1S/C40H37N5O7/c46-34(20-27-9-14-31-30(19-27)37(49)44(23-39(31)15-16-39)21-25-5-10-28(11-6-25)35(47)41-51)43-18-17-40(24-43)32-3-1-2-4-33(32)45(38(40)50)22-26-7-12-29(13-8-26)36(48)42-52/h1-14,19,51-52H,15-18,20-24H2,(H,41,47)(H,42,48). The predicted octanol–water partition coefficient (Wildman–Crippen LogP) is 3.87. The van der Waals surface area contributed by atoms with Gasteiger partial charge in [0.1, 0.15) is 0 Å². The molecule has 1 saturated carbocycles. The number of anilines is 1.